The van der Waals surface area contributed by atoms with E-state index < -0.39 is 113 Å². The highest BCUT2D eigenvalue weighted by atomic mass is 16.7. The standard InChI is InChI=1S/C30H34O17/c1-9-18(34)21(37)23(39)29(42-9)46-16-8-15-17(19(35)27(16)41-4)20(36)28(26(45-15)12-5-6-13(32)14(33)7-12)47-30-24(40)22(38)25(10(2)43-30)44-11(3)31/h5-10,18,21-25,29-30,32-35,37-40H,1-4H3/t9?,10?,18-,21-,22?,23?,24-,25-,29-,30-/m0/s1. The van der Waals surface area contributed by atoms with E-state index in [1.165, 1.54) is 19.9 Å². The van der Waals surface area contributed by atoms with E-state index >= 15 is 0 Å². The van der Waals surface area contributed by atoms with Crippen molar-refractivity contribution in [3.8, 4) is 45.8 Å². The summed E-state index contributed by atoms with van der Waals surface area (Å²) in [5.74, 6) is -4.55. The van der Waals surface area contributed by atoms with E-state index in [0.717, 1.165) is 32.2 Å². The van der Waals surface area contributed by atoms with Crippen LogP contribution >= 0.6 is 0 Å². The largest absolute Gasteiger partial charge is 0.504 e. The first-order valence-electron chi connectivity index (χ1n) is 14.3. The number of phenols is 3. The number of aliphatic hydroxyl groups is 5. The Balaban J connectivity index is 1.64. The number of hydrogen-bond donors (Lipinski definition) is 8. The first-order chi connectivity index (χ1) is 22.1. The Morgan fingerprint density at radius 1 is 0.787 bits per heavy atom. The van der Waals surface area contributed by atoms with Crippen molar-refractivity contribution in [3.63, 3.8) is 0 Å². The van der Waals surface area contributed by atoms with E-state index in [9.17, 15) is 50.4 Å². The number of fused-ring (bicyclic) bond motifs is 1. The molecule has 4 unspecified atom stereocenters. The number of phenolic OH excluding ortho intramolecular Hbond substituents is 3. The van der Waals surface area contributed by atoms with Gasteiger partial charge in [-0.2, -0.15) is 0 Å². The average molecular weight is 667 g/mol. The van der Waals surface area contributed by atoms with Crippen LogP contribution in [-0.2, 0) is 19.0 Å². The van der Waals surface area contributed by atoms with Crippen LogP contribution in [0, 0.1) is 0 Å². The van der Waals surface area contributed by atoms with Crippen molar-refractivity contribution in [2.75, 3.05) is 7.11 Å². The van der Waals surface area contributed by atoms with Crippen molar-refractivity contribution in [2.45, 2.75) is 82.2 Å². The third kappa shape index (κ3) is 6.21. The molecule has 3 aromatic rings. The maximum atomic E-state index is 14.0. The van der Waals surface area contributed by atoms with Crippen LogP contribution in [0.2, 0.25) is 0 Å². The van der Waals surface area contributed by atoms with E-state index in [2.05, 4.69) is 0 Å². The predicted octanol–water partition coefficient (Wildman–Crippen LogP) is -0.431. The van der Waals surface area contributed by atoms with E-state index in [-0.39, 0.29) is 16.9 Å². The summed E-state index contributed by atoms with van der Waals surface area (Å²) in [4.78, 5) is 25.5. The van der Waals surface area contributed by atoms with Crippen LogP contribution < -0.4 is 19.6 Å². The molecular formula is C30H34O17. The number of aromatic hydroxyl groups is 3. The minimum Gasteiger partial charge on any atom is -0.504 e. The molecule has 0 aliphatic carbocycles. The van der Waals surface area contributed by atoms with E-state index in [4.69, 9.17) is 32.8 Å². The monoisotopic (exact) mass is 666 g/mol. The van der Waals surface area contributed by atoms with Crippen LogP contribution in [0.25, 0.3) is 22.3 Å². The van der Waals surface area contributed by atoms with Crippen LogP contribution in [0.3, 0.4) is 0 Å². The minimum absolute atomic E-state index is 0.0410. The fourth-order valence-corrected chi connectivity index (χ4v) is 5.33. The second-order valence-electron chi connectivity index (χ2n) is 11.1. The summed E-state index contributed by atoms with van der Waals surface area (Å²) >= 11 is 0. The Hall–Kier alpha value is -4.36. The second-order valence-corrected chi connectivity index (χ2v) is 11.1. The topological polar surface area (TPSA) is 264 Å². The lowest BCUT2D eigenvalue weighted by atomic mass is 9.99. The summed E-state index contributed by atoms with van der Waals surface area (Å²) < 4.78 is 38.9. The zero-order valence-electron chi connectivity index (χ0n) is 25.3. The molecule has 5 rings (SSSR count). The SMILES string of the molecule is COc1c(O[C@@H]2OC(C)[C@H](O)[C@H](O)C2O)cc2oc(-c3ccc(O)c(O)c3)c(O[C@@H]3OC(C)[C@H](OC(C)=O)C(O)[C@@H]3O)c(=O)c2c1O. The highest BCUT2D eigenvalue weighted by Crippen LogP contribution is 2.46. The molecule has 2 aliphatic heterocycles. The molecule has 3 heterocycles. The highest BCUT2D eigenvalue weighted by molar-refractivity contribution is 5.91. The van der Waals surface area contributed by atoms with E-state index in [0.29, 0.717) is 0 Å². The Kier molecular flexibility index (Phi) is 9.43. The maximum Gasteiger partial charge on any atom is 0.303 e. The number of carbonyl (C=O) groups excluding carboxylic acids is 1. The molecule has 0 saturated carbocycles. The van der Waals surface area contributed by atoms with E-state index in [1.54, 1.807) is 0 Å². The van der Waals surface area contributed by atoms with Gasteiger partial charge in [-0.25, -0.2) is 0 Å². The molecule has 2 aliphatic rings. The Labute approximate surface area is 265 Å². The van der Waals surface area contributed by atoms with Crippen molar-refractivity contribution < 1.29 is 78.5 Å². The van der Waals surface area contributed by atoms with Crippen molar-refractivity contribution in [1.29, 1.82) is 0 Å². The van der Waals surface area contributed by atoms with Gasteiger partial charge in [0.1, 0.15) is 41.5 Å². The van der Waals surface area contributed by atoms with Crippen molar-refractivity contribution in [2.24, 2.45) is 0 Å². The lowest BCUT2D eigenvalue weighted by Crippen LogP contribution is -2.59. The summed E-state index contributed by atoms with van der Waals surface area (Å²) in [6, 6.07) is 4.46. The van der Waals surface area contributed by atoms with Gasteiger partial charge in [-0.05, 0) is 32.0 Å². The number of methoxy groups -OCH3 is 1. The molecule has 8 N–H and O–H groups in total. The Bertz CT molecular complexity index is 1700. The van der Waals surface area contributed by atoms with Crippen molar-refractivity contribution in [1.82, 2.24) is 0 Å². The third-order valence-electron chi connectivity index (χ3n) is 7.84. The number of rotatable bonds is 7. The van der Waals surface area contributed by atoms with Gasteiger partial charge in [-0.1, -0.05) is 0 Å². The fourth-order valence-electron chi connectivity index (χ4n) is 5.33. The molecule has 47 heavy (non-hydrogen) atoms. The summed E-state index contributed by atoms with van der Waals surface area (Å²) in [5, 5.41) is 82.9. The molecule has 2 saturated heterocycles. The molecule has 10 atom stereocenters. The molecule has 2 fully saturated rings. The number of hydrogen-bond acceptors (Lipinski definition) is 17. The molecule has 0 amide bonds. The summed E-state index contributed by atoms with van der Waals surface area (Å²) in [7, 11) is 1.13. The normalized spacial score (nSPS) is 30.9. The van der Waals surface area contributed by atoms with Gasteiger partial charge in [0, 0.05) is 18.6 Å². The summed E-state index contributed by atoms with van der Waals surface area (Å²) in [6.45, 7) is 3.95. The van der Waals surface area contributed by atoms with Gasteiger partial charge >= 0.3 is 5.97 Å². The van der Waals surface area contributed by atoms with Gasteiger partial charge in [-0.15, -0.1) is 0 Å². The summed E-state index contributed by atoms with van der Waals surface area (Å²) in [6.07, 6.45) is -15.0. The summed E-state index contributed by atoms with van der Waals surface area (Å²) in [5.41, 5.74) is -1.45. The lowest BCUT2D eigenvalue weighted by molar-refractivity contribution is -0.272. The number of esters is 1. The third-order valence-corrected chi connectivity index (χ3v) is 7.84. The Morgan fingerprint density at radius 3 is 2.06 bits per heavy atom. The highest BCUT2D eigenvalue weighted by Gasteiger charge is 2.47. The van der Waals surface area contributed by atoms with Gasteiger partial charge in [-0.3, -0.25) is 9.59 Å². The predicted molar refractivity (Wildman–Crippen MR) is 155 cm³/mol. The molecule has 2 aromatic carbocycles. The number of benzene rings is 2. The van der Waals surface area contributed by atoms with Gasteiger partial charge in [0.05, 0.1) is 19.3 Å². The molecule has 17 heteroatoms. The molecule has 0 radical (unpaired) electrons. The fraction of sp³-hybridized carbons (Fsp3) is 0.467. The Morgan fingerprint density at radius 2 is 1.43 bits per heavy atom. The van der Waals surface area contributed by atoms with Crippen LogP contribution in [0.5, 0.6) is 34.5 Å². The quantitative estimate of drug-likeness (QED) is 0.117. The smallest absolute Gasteiger partial charge is 0.303 e. The number of aliphatic hydroxyl groups excluding tert-OH is 5. The molecule has 256 valence electrons. The van der Waals surface area contributed by atoms with Gasteiger partial charge in [0.2, 0.25) is 29.5 Å². The van der Waals surface area contributed by atoms with Gasteiger partial charge < -0.3 is 73.7 Å². The van der Waals surface area contributed by atoms with Crippen molar-refractivity contribution >= 4 is 16.9 Å². The van der Waals surface area contributed by atoms with Gasteiger partial charge in [0.15, 0.2) is 34.9 Å². The maximum absolute atomic E-state index is 14.0. The van der Waals surface area contributed by atoms with Crippen molar-refractivity contribution in [3.05, 3.63) is 34.5 Å². The lowest BCUT2D eigenvalue weighted by Gasteiger charge is -2.40. The molecule has 17 nitrogen and oxygen atoms in total. The van der Waals surface area contributed by atoms with Crippen LogP contribution in [0.4, 0.5) is 0 Å². The zero-order valence-corrected chi connectivity index (χ0v) is 25.3. The van der Waals surface area contributed by atoms with Crippen LogP contribution in [0.1, 0.15) is 20.8 Å². The first kappa shape index (κ1) is 34.0. The molecule has 0 spiro atoms. The molecular weight excluding hydrogens is 632 g/mol. The van der Waals surface area contributed by atoms with Crippen LogP contribution in [0.15, 0.2) is 33.5 Å². The number of ether oxygens (including phenoxy) is 6. The van der Waals surface area contributed by atoms with Crippen LogP contribution in [-0.4, -0.2) is 115 Å². The minimum atomic E-state index is -1.87. The second kappa shape index (κ2) is 13.0. The first-order valence-corrected chi connectivity index (χ1v) is 14.3. The zero-order chi connectivity index (χ0) is 34.5. The van der Waals surface area contributed by atoms with Gasteiger partial charge in [0.25, 0.3) is 0 Å². The number of carbonyl (C=O) groups is 1. The van der Waals surface area contributed by atoms with E-state index in [1.807, 2.05) is 0 Å². The molecule has 0 bridgehead atoms. The molecule has 1 aromatic heterocycles. The average Bonchev–Trinajstić information content (AvgIpc) is 3.01.